The van der Waals surface area contributed by atoms with E-state index in [4.69, 9.17) is 14.2 Å². The quantitative estimate of drug-likeness (QED) is 0.240. The number of fused-ring (bicyclic) bond motifs is 1. The van der Waals surface area contributed by atoms with Crippen LogP contribution in [0.15, 0.2) is 42.6 Å². The molecule has 10 heteroatoms. The number of anilines is 1. The van der Waals surface area contributed by atoms with Gasteiger partial charge in [-0.15, -0.1) is 0 Å². The fourth-order valence-corrected chi connectivity index (χ4v) is 4.57. The second kappa shape index (κ2) is 13.8. The van der Waals surface area contributed by atoms with Gasteiger partial charge in [-0.05, 0) is 69.0 Å². The standard InChI is InChI=1S/C31H40F2N4O4/c1-5-39-28-20-23-25(21-29(28)40-18-17-36-14-7-6-8-15-36)34-13-11-26(23)41-27-10-9-22(19-24(27)32)35-30(38)37(33)16-12-31(2,3)4/h9-11,13,19-21H,5-8,12,14-18H2,1-4H3,(H,35,38). The predicted octanol–water partition coefficient (Wildman–Crippen LogP) is 7.58. The van der Waals surface area contributed by atoms with Crippen LogP contribution in [0.3, 0.4) is 0 Å². The van der Waals surface area contributed by atoms with Crippen LogP contribution in [0.25, 0.3) is 10.9 Å². The van der Waals surface area contributed by atoms with E-state index in [0.717, 1.165) is 25.7 Å². The van der Waals surface area contributed by atoms with Gasteiger partial charge in [-0.1, -0.05) is 31.7 Å². The molecule has 0 spiro atoms. The minimum absolute atomic E-state index is 0.0554. The van der Waals surface area contributed by atoms with Crippen LogP contribution in [-0.2, 0) is 0 Å². The Hall–Kier alpha value is -3.66. The number of hydrogen-bond acceptors (Lipinski definition) is 6. The molecule has 1 N–H and O–H groups in total. The van der Waals surface area contributed by atoms with Crippen molar-refractivity contribution in [2.75, 3.05) is 44.7 Å². The number of carbonyl (C=O) groups excluding carboxylic acids is 1. The van der Waals surface area contributed by atoms with Crippen molar-refractivity contribution in [3.05, 3.63) is 48.4 Å². The van der Waals surface area contributed by atoms with Crippen molar-refractivity contribution in [1.82, 2.24) is 15.0 Å². The normalized spacial score (nSPS) is 14.1. The summed E-state index contributed by atoms with van der Waals surface area (Å²) in [7, 11) is 0. The van der Waals surface area contributed by atoms with E-state index in [9.17, 15) is 9.28 Å². The summed E-state index contributed by atoms with van der Waals surface area (Å²) in [5.74, 6) is 0.758. The van der Waals surface area contributed by atoms with Gasteiger partial charge in [-0.25, -0.2) is 9.18 Å². The zero-order valence-electron chi connectivity index (χ0n) is 24.3. The van der Waals surface area contributed by atoms with Crippen molar-refractivity contribution in [2.24, 2.45) is 5.41 Å². The fourth-order valence-electron chi connectivity index (χ4n) is 4.57. The van der Waals surface area contributed by atoms with Crippen LogP contribution in [0.2, 0.25) is 0 Å². The van der Waals surface area contributed by atoms with Crippen molar-refractivity contribution >= 4 is 22.6 Å². The van der Waals surface area contributed by atoms with Gasteiger partial charge in [0, 0.05) is 35.9 Å². The molecule has 1 aromatic heterocycles. The van der Waals surface area contributed by atoms with Gasteiger partial charge in [-0.3, -0.25) is 9.88 Å². The number of carbonyl (C=O) groups is 1. The number of halogens is 2. The molecule has 1 fully saturated rings. The summed E-state index contributed by atoms with van der Waals surface area (Å²) in [5.41, 5.74) is 0.599. The summed E-state index contributed by atoms with van der Waals surface area (Å²) in [6, 6.07) is 8.21. The third-order valence-electron chi connectivity index (χ3n) is 6.86. The highest BCUT2D eigenvalue weighted by atomic mass is 19.2. The Morgan fingerprint density at radius 2 is 1.78 bits per heavy atom. The van der Waals surface area contributed by atoms with Gasteiger partial charge in [0.25, 0.3) is 0 Å². The topological polar surface area (TPSA) is 76.2 Å². The van der Waals surface area contributed by atoms with Gasteiger partial charge < -0.3 is 19.5 Å². The first-order chi connectivity index (χ1) is 19.6. The molecule has 1 aliphatic rings. The summed E-state index contributed by atoms with van der Waals surface area (Å²) in [4.78, 5) is 19.0. The molecule has 2 heterocycles. The van der Waals surface area contributed by atoms with Gasteiger partial charge >= 0.3 is 6.03 Å². The molecule has 0 radical (unpaired) electrons. The SMILES string of the molecule is CCOc1cc2c(Oc3ccc(NC(=O)N(F)CCC(C)(C)C)cc3F)ccnc2cc1OCCN1CCCCC1. The average molecular weight is 571 g/mol. The first-order valence-corrected chi connectivity index (χ1v) is 14.3. The molecule has 1 saturated heterocycles. The van der Waals surface area contributed by atoms with E-state index in [-0.39, 0.29) is 28.5 Å². The van der Waals surface area contributed by atoms with Crippen LogP contribution in [-0.4, -0.2) is 60.4 Å². The first kappa shape index (κ1) is 30.3. The van der Waals surface area contributed by atoms with E-state index in [1.54, 1.807) is 24.4 Å². The number of nitrogens with zero attached hydrogens (tertiary/aromatic N) is 3. The zero-order valence-corrected chi connectivity index (χ0v) is 24.3. The summed E-state index contributed by atoms with van der Waals surface area (Å²) in [6.45, 7) is 11.7. The van der Waals surface area contributed by atoms with E-state index in [0.29, 0.717) is 47.8 Å². The number of aromatic nitrogens is 1. The van der Waals surface area contributed by atoms with Crippen LogP contribution in [0.1, 0.15) is 53.4 Å². The van der Waals surface area contributed by atoms with E-state index in [1.807, 2.05) is 27.7 Å². The minimum Gasteiger partial charge on any atom is -0.490 e. The highest BCUT2D eigenvalue weighted by Crippen LogP contribution is 2.38. The number of likely N-dealkylation sites (tertiary alicyclic amines) is 1. The van der Waals surface area contributed by atoms with Gasteiger partial charge in [0.1, 0.15) is 12.4 Å². The number of ether oxygens (including phenoxy) is 3. The molecule has 4 rings (SSSR count). The summed E-state index contributed by atoms with van der Waals surface area (Å²) in [6.07, 6.45) is 5.79. The Morgan fingerprint density at radius 3 is 2.49 bits per heavy atom. The van der Waals surface area contributed by atoms with Crippen LogP contribution in [0, 0.1) is 11.2 Å². The third-order valence-corrected chi connectivity index (χ3v) is 6.86. The molecule has 1 aliphatic heterocycles. The smallest absolute Gasteiger partial charge is 0.349 e. The molecule has 222 valence electrons. The number of pyridine rings is 1. The van der Waals surface area contributed by atoms with Crippen molar-refractivity contribution < 1.29 is 27.9 Å². The predicted molar refractivity (Wildman–Crippen MR) is 156 cm³/mol. The van der Waals surface area contributed by atoms with E-state index in [2.05, 4.69) is 15.2 Å². The molecular weight excluding hydrogens is 530 g/mol. The summed E-state index contributed by atoms with van der Waals surface area (Å²) >= 11 is 0. The second-order valence-corrected chi connectivity index (χ2v) is 11.4. The molecule has 8 nitrogen and oxygen atoms in total. The number of nitrogens with one attached hydrogen (secondary N) is 1. The van der Waals surface area contributed by atoms with Crippen LogP contribution in [0.5, 0.6) is 23.0 Å². The fraction of sp³-hybridized carbons (Fsp3) is 0.484. The molecular formula is C31H40F2N4O4. The molecule has 2 aromatic carbocycles. The molecule has 0 unspecified atom stereocenters. The van der Waals surface area contributed by atoms with E-state index >= 15 is 4.39 Å². The Labute approximate surface area is 240 Å². The largest absolute Gasteiger partial charge is 0.490 e. The van der Waals surface area contributed by atoms with Crippen LogP contribution < -0.4 is 19.5 Å². The van der Waals surface area contributed by atoms with Crippen LogP contribution >= 0.6 is 0 Å². The number of amides is 2. The molecule has 0 aliphatic carbocycles. The summed E-state index contributed by atoms with van der Waals surface area (Å²) < 4.78 is 47.1. The monoisotopic (exact) mass is 570 g/mol. The van der Waals surface area contributed by atoms with Gasteiger partial charge in [-0.2, -0.15) is 5.12 Å². The number of urea groups is 1. The van der Waals surface area contributed by atoms with Crippen molar-refractivity contribution in [2.45, 2.75) is 53.4 Å². The Kier molecular flexibility index (Phi) is 10.2. The highest BCUT2D eigenvalue weighted by Gasteiger charge is 2.19. The second-order valence-electron chi connectivity index (χ2n) is 11.4. The van der Waals surface area contributed by atoms with Crippen molar-refractivity contribution in [3.63, 3.8) is 0 Å². The summed E-state index contributed by atoms with van der Waals surface area (Å²) in [5, 5.41) is 3.10. The molecule has 0 saturated carbocycles. The Bertz CT molecular complexity index is 1330. The molecule has 0 atom stereocenters. The Balaban J connectivity index is 1.46. The van der Waals surface area contributed by atoms with E-state index < -0.39 is 11.8 Å². The molecule has 2 amide bonds. The number of hydrogen-bond donors (Lipinski definition) is 1. The number of piperidine rings is 1. The maximum absolute atomic E-state index is 15.0. The lowest BCUT2D eigenvalue weighted by Gasteiger charge is -2.26. The lowest BCUT2D eigenvalue weighted by molar-refractivity contribution is 0.0642. The highest BCUT2D eigenvalue weighted by molar-refractivity contribution is 5.89. The lowest BCUT2D eigenvalue weighted by atomic mass is 9.92. The zero-order chi connectivity index (χ0) is 29.4. The lowest BCUT2D eigenvalue weighted by Crippen LogP contribution is -2.33. The first-order valence-electron chi connectivity index (χ1n) is 14.3. The van der Waals surface area contributed by atoms with Crippen molar-refractivity contribution in [3.8, 4) is 23.0 Å². The van der Waals surface area contributed by atoms with E-state index in [1.165, 1.54) is 31.4 Å². The Morgan fingerprint density at radius 1 is 1.02 bits per heavy atom. The number of benzene rings is 2. The van der Waals surface area contributed by atoms with Gasteiger partial charge in [0.2, 0.25) is 0 Å². The average Bonchev–Trinajstić information content (AvgIpc) is 2.94. The van der Waals surface area contributed by atoms with Crippen molar-refractivity contribution in [1.29, 1.82) is 0 Å². The molecule has 3 aromatic rings. The van der Waals surface area contributed by atoms with Gasteiger partial charge in [0.15, 0.2) is 23.1 Å². The number of rotatable bonds is 11. The minimum atomic E-state index is -0.958. The molecule has 41 heavy (non-hydrogen) atoms. The maximum atomic E-state index is 15.0. The maximum Gasteiger partial charge on any atom is 0.349 e. The van der Waals surface area contributed by atoms with Crippen LogP contribution in [0.4, 0.5) is 19.4 Å². The van der Waals surface area contributed by atoms with Gasteiger partial charge in [0.05, 0.1) is 18.7 Å². The third kappa shape index (κ3) is 8.66. The molecule has 0 bridgehead atoms.